The molecule has 0 aromatic carbocycles. The second kappa shape index (κ2) is 6.61. The summed E-state index contributed by atoms with van der Waals surface area (Å²) < 4.78 is 0. The maximum absolute atomic E-state index is 13.0. The van der Waals surface area contributed by atoms with Crippen LogP contribution in [-0.4, -0.2) is 45.0 Å². The number of aromatic nitrogens is 2. The van der Waals surface area contributed by atoms with E-state index in [0.717, 1.165) is 22.7 Å². The van der Waals surface area contributed by atoms with Crippen LogP contribution in [0, 0.1) is 11.3 Å². The molecule has 142 valence electrons. The summed E-state index contributed by atoms with van der Waals surface area (Å²) >= 11 is 1.28. The number of anilines is 1. The van der Waals surface area contributed by atoms with Gasteiger partial charge in [-0.15, -0.1) is 10.2 Å². The first-order valence-corrected chi connectivity index (χ1v) is 9.72. The van der Waals surface area contributed by atoms with Gasteiger partial charge in [-0.25, -0.2) is 4.79 Å². The lowest BCUT2D eigenvalue weighted by molar-refractivity contribution is -0.136. The van der Waals surface area contributed by atoms with E-state index in [1.165, 1.54) is 11.3 Å². The van der Waals surface area contributed by atoms with Gasteiger partial charge in [-0.3, -0.25) is 19.8 Å². The lowest BCUT2D eigenvalue weighted by Crippen LogP contribution is -2.54. The van der Waals surface area contributed by atoms with Gasteiger partial charge in [-0.1, -0.05) is 39.0 Å². The van der Waals surface area contributed by atoms with Crippen molar-refractivity contribution in [1.29, 1.82) is 0 Å². The highest BCUT2D eigenvalue weighted by Gasteiger charge is 2.56. The van der Waals surface area contributed by atoms with Crippen LogP contribution in [0.1, 0.15) is 52.0 Å². The van der Waals surface area contributed by atoms with Crippen molar-refractivity contribution < 1.29 is 14.4 Å². The van der Waals surface area contributed by atoms with Gasteiger partial charge < -0.3 is 5.32 Å². The zero-order valence-electron chi connectivity index (χ0n) is 15.6. The molecule has 1 aliphatic carbocycles. The molecule has 1 aliphatic heterocycles. The van der Waals surface area contributed by atoms with Crippen LogP contribution in [0.2, 0.25) is 0 Å². The zero-order chi connectivity index (χ0) is 19.1. The summed E-state index contributed by atoms with van der Waals surface area (Å²) in [4.78, 5) is 38.7. The molecule has 0 unspecified atom stereocenters. The summed E-state index contributed by atoms with van der Waals surface area (Å²) in [5.41, 5.74) is -0.932. The molecule has 2 aliphatic rings. The normalized spacial score (nSPS) is 27.7. The van der Waals surface area contributed by atoms with E-state index in [4.69, 9.17) is 0 Å². The van der Waals surface area contributed by atoms with Crippen LogP contribution in [0.15, 0.2) is 0 Å². The van der Waals surface area contributed by atoms with Crippen molar-refractivity contribution in [1.82, 2.24) is 20.4 Å². The van der Waals surface area contributed by atoms with E-state index in [9.17, 15) is 14.4 Å². The van der Waals surface area contributed by atoms with Crippen LogP contribution < -0.4 is 10.6 Å². The lowest BCUT2D eigenvalue weighted by Gasteiger charge is -2.43. The molecule has 1 saturated heterocycles. The first kappa shape index (κ1) is 18.8. The van der Waals surface area contributed by atoms with Gasteiger partial charge in [-0.2, -0.15) is 0 Å². The molecule has 0 radical (unpaired) electrons. The Morgan fingerprint density at radius 1 is 1.35 bits per heavy atom. The highest BCUT2D eigenvalue weighted by molar-refractivity contribution is 7.15. The van der Waals surface area contributed by atoms with Crippen molar-refractivity contribution in [3.05, 3.63) is 5.01 Å². The number of nitrogens with one attached hydrogen (secondary N) is 2. The molecule has 1 saturated carbocycles. The summed E-state index contributed by atoms with van der Waals surface area (Å²) in [5.74, 6) is -0.429. The van der Waals surface area contributed by atoms with E-state index < -0.39 is 17.5 Å². The zero-order valence-corrected chi connectivity index (χ0v) is 16.4. The molecule has 4 amide bonds. The molecule has 2 N–H and O–H groups in total. The van der Waals surface area contributed by atoms with Gasteiger partial charge in [0.1, 0.15) is 17.1 Å². The van der Waals surface area contributed by atoms with Gasteiger partial charge in [0.2, 0.25) is 11.0 Å². The molecular formula is C17H25N5O3S. The summed E-state index contributed by atoms with van der Waals surface area (Å²) in [6.07, 6.45) is 2.94. The largest absolute Gasteiger partial charge is 0.325 e. The van der Waals surface area contributed by atoms with Gasteiger partial charge in [-0.05, 0) is 37.0 Å². The highest BCUT2D eigenvalue weighted by atomic mass is 32.1. The van der Waals surface area contributed by atoms with Crippen molar-refractivity contribution in [2.75, 3.05) is 11.9 Å². The lowest BCUT2D eigenvalue weighted by atomic mass is 9.64. The average Bonchev–Trinajstić information content (AvgIpc) is 3.04. The SMILES string of the molecule is CCc1nnc(NC(=O)CN2C(=O)N[C@@]3(C[C@H](C)CC(C)(C)C3)C2=O)s1. The quantitative estimate of drug-likeness (QED) is 0.780. The average molecular weight is 379 g/mol. The van der Waals surface area contributed by atoms with Gasteiger partial charge in [0.15, 0.2) is 0 Å². The molecule has 0 bridgehead atoms. The van der Waals surface area contributed by atoms with Gasteiger partial charge in [0.05, 0.1) is 0 Å². The second-order valence-corrected chi connectivity index (χ2v) is 9.22. The molecule has 9 heteroatoms. The number of aryl methyl sites for hydroxylation is 1. The Hall–Kier alpha value is -2.03. The number of carbonyl (C=O) groups is 3. The molecule has 2 heterocycles. The van der Waals surface area contributed by atoms with Crippen LogP contribution in [0.4, 0.5) is 9.93 Å². The third-order valence-electron chi connectivity index (χ3n) is 4.94. The van der Waals surface area contributed by atoms with E-state index in [2.05, 4.69) is 41.6 Å². The van der Waals surface area contributed by atoms with E-state index >= 15 is 0 Å². The van der Waals surface area contributed by atoms with E-state index in [0.29, 0.717) is 23.9 Å². The van der Waals surface area contributed by atoms with Crippen molar-refractivity contribution in [2.24, 2.45) is 11.3 Å². The van der Waals surface area contributed by atoms with Crippen LogP contribution >= 0.6 is 11.3 Å². The minimum absolute atomic E-state index is 0.0397. The number of rotatable bonds is 4. The van der Waals surface area contributed by atoms with Gasteiger partial charge in [0.25, 0.3) is 5.91 Å². The summed E-state index contributed by atoms with van der Waals surface area (Å²) in [6, 6.07) is -0.499. The first-order valence-electron chi connectivity index (χ1n) is 8.90. The predicted octanol–water partition coefficient (Wildman–Crippen LogP) is 2.18. The molecule has 8 nitrogen and oxygen atoms in total. The van der Waals surface area contributed by atoms with E-state index in [1.54, 1.807) is 0 Å². The fourth-order valence-corrected chi connectivity index (χ4v) is 5.09. The van der Waals surface area contributed by atoms with Crippen LogP contribution in [0.3, 0.4) is 0 Å². The number of nitrogens with zero attached hydrogens (tertiary/aromatic N) is 3. The Morgan fingerprint density at radius 2 is 2.08 bits per heavy atom. The Balaban J connectivity index is 1.70. The molecule has 2 fully saturated rings. The Kier molecular flexibility index (Phi) is 4.76. The summed E-state index contributed by atoms with van der Waals surface area (Å²) in [6.45, 7) is 7.95. The second-order valence-electron chi connectivity index (χ2n) is 8.16. The van der Waals surface area contributed by atoms with E-state index in [1.807, 2.05) is 6.92 Å². The van der Waals surface area contributed by atoms with Crippen LogP contribution in [0.5, 0.6) is 0 Å². The molecule has 26 heavy (non-hydrogen) atoms. The number of amides is 4. The molecule has 1 spiro atoms. The monoisotopic (exact) mass is 379 g/mol. The van der Waals surface area contributed by atoms with Crippen molar-refractivity contribution in [3.8, 4) is 0 Å². The van der Waals surface area contributed by atoms with Crippen molar-refractivity contribution in [2.45, 2.75) is 58.9 Å². The third kappa shape index (κ3) is 3.58. The van der Waals surface area contributed by atoms with Crippen molar-refractivity contribution >= 4 is 34.3 Å². The van der Waals surface area contributed by atoms with Gasteiger partial charge in [0, 0.05) is 0 Å². The van der Waals surface area contributed by atoms with Crippen LogP contribution in [-0.2, 0) is 16.0 Å². The summed E-state index contributed by atoms with van der Waals surface area (Å²) in [7, 11) is 0. The molecule has 2 atom stereocenters. The molecule has 3 rings (SSSR count). The Bertz CT molecular complexity index is 747. The number of urea groups is 1. The minimum Gasteiger partial charge on any atom is -0.323 e. The molecule has 1 aromatic rings. The molecule has 1 aromatic heterocycles. The van der Waals surface area contributed by atoms with Gasteiger partial charge >= 0.3 is 6.03 Å². The smallest absolute Gasteiger partial charge is 0.323 e. The molecular weight excluding hydrogens is 354 g/mol. The standard InChI is InChI=1S/C17H25N5O3S/c1-5-12-20-21-14(26-12)18-11(23)8-22-13(24)17(19-15(22)25)7-10(2)6-16(3,4)9-17/h10H,5-9H2,1-4H3,(H,19,25)(H,18,21,23)/t10-,17-/m1/s1. The highest BCUT2D eigenvalue weighted by Crippen LogP contribution is 2.46. The number of hydrogen-bond acceptors (Lipinski definition) is 6. The third-order valence-corrected chi connectivity index (χ3v) is 5.92. The summed E-state index contributed by atoms with van der Waals surface area (Å²) in [5, 5.41) is 14.5. The number of imide groups is 1. The first-order chi connectivity index (χ1) is 12.1. The number of hydrogen-bond donors (Lipinski definition) is 2. The fraction of sp³-hybridized carbons (Fsp3) is 0.706. The van der Waals surface area contributed by atoms with E-state index in [-0.39, 0.29) is 17.9 Å². The maximum atomic E-state index is 13.0. The minimum atomic E-state index is -0.892. The number of carbonyl (C=O) groups excluding carboxylic acids is 3. The van der Waals surface area contributed by atoms with Crippen LogP contribution in [0.25, 0.3) is 0 Å². The van der Waals surface area contributed by atoms with Crippen molar-refractivity contribution in [3.63, 3.8) is 0 Å². The Labute approximate surface area is 156 Å². The predicted molar refractivity (Wildman–Crippen MR) is 97.7 cm³/mol. The maximum Gasteiger partial charge on any atom is 0.325 e. The topological polar surface area (TPSA) is 104 Å². The Morgan fingerprint density at radius 3 is 2.69 bits per heavy atom. The fourth-order valence-electron chi connectivity index (χ4n) is 4.40.